The molecule has 1 aliphatic rings. The van der Waals surface area contributed by atoms with Gasteiger partial charge in [-0.25, -0.2) is 0 Å². The number of fused-ring (bicyclic) bond motifs is 1. The van der Waals surface area contributed by atoms with Crippen LogP contribution in [0.3, 0.4) is 0 Å². The van der Waals surface area contributed by atoms with E-state index >= 15 is 0 Å². The van der Waals surface area contributed by atoms with Crippen LogP contribution in [0.15, 0.2) is 40.9 Å². The molecule has 110 valence electrons. The lowest BCUT2D eigenvalue weighted by atomic mass is 10.1. The zero-order valence-corrected chi connectivity index (χ0v) is 13.5. The summed E-state index contributed by atoms with van der Waals surface area (Å²) in [4.78, 5) is 0. The van der Waals surface area contributed by atoms with E-state index in [1.807, 2.05) is 24.3 Å². The summed E-state index contributed by atoms with van der Waals surface area (Å²) < 4.78 is 12.0. The standard InChI is InChI=1S/C17H18BrNO2/c1-20-17-7-2-11(8-15(17)18)10-21-13-4-5-14-12(9-13)3-6-16(14)19/h2,4-5,7-9,16H,3,6,10,19H2,1H3/t16-/m1/s1. The van der Waals surface area contributed by atoms with Crippen LogP contribution in [0.25, 0.3) is 0 Å². The maximum Gasteiger partial charge on any atom is 0.133 e. The molecule has 0 fully saturated rings. The Morgan fingerprint density at radius 3 is 2.86 bits per heavy atom. The zero-order chi connectivity index (χ0) is 14.8. The van der Waals surface area contributed by atoms with Crippen molar-refractivity contribution in [3.05, 3.63) is 57.6 Å². The van der Waals surface area contributed by atoms with E-state index in [4.69, 9.17) is 15.2 Å². The molecule has 3 rings (SSSR count). The number of ether oxygens (including phenoxy) is 2. The molecule has 0 aliphatic heterocycles. The number of hydrogen-bond acceptors (Lipinski definition) is 3. The molecule has 0 heterocycles. The van der Waals surface area contributed by atoms with Gasteiger partial charge in [-0.3, -0.25) is 0 Å². The quantitative estimate of drug-likeness (QED) is 0.909. The van der Waals surface area contributed by atoms with Crippen LogP contribution in [0.4, 0.5) is 0 Å². The van der Waals surface area contributed by atoms with Crippen LogP contribution in [0.1, 0.15) is 29.2 Å². The second-order valence-corrected chi connectivity index (χ2v) is 6.12. The smallest absolute Gasteiger partial charge is 0.133 e. The molecular formula is C17H18BrNO2. The fraction of sp³-hybridized carbons (Fsp3) is 0.294. The van der Waals surface area contributed by atoms with Gasteiger partial charge in [0.25, 0.3) is 0 Å². The van der Waals surface area contributed by atoms with E-state index < -0.39 is 0 Å². The molecule has 0 saturated heterocycles. The molecule has 2 aromatic carbocycles. The second kappa shape index (κ2) is 6.08. The van der Waals surface area contributed by atoms with Gasteiger partial charge in [0.05, 0.1) is 11.6 Å². The Morgan fingerprint density at radius 1 is 1.24 bits per heavy atom. The first-order valence-electron chi connectivity index (χ1n) is 7.01. The SMILES string of the molecule is COc1ccc(COc2ccc3c(c2)CC[C@H]3N)cc1Br. The molecular weight excluding hydrogens is 330 g/mol. The van der Waals surface area contributed by atoms with Crippen LogP contribution < -0.4 is 15.2 Å². The highest BCUT2D eigenvalue weighted by Gasteiger charge is 2.19. The van der Waals surface area contributed by atoms with E-state index in [1.54, 1.807) is 7.11 Å². The summed E-state index contributed by atoms with van der Waals surface area (Å²) in [5.41, 5.74) is 9.72. The first kappa shape index (κ1) is 14.4. The van der Waals surface area contributed by atoms with Gasteiger partial charge in [0.1, 0.15) is 18.1 Å². The lowest BCUT2D eigenvalue weighted by molar-refractivity contribution is 0.305. The van der Waals surface area contributed by atoms with Crippen LogP contribution in [-0.2, 0) is 13.0 Å². The van der Waals surface area contributed by atoms with Crippen molar-refractivity contribution in [2.75, 3.05) is 7.11 Å². The number of halogens is 1. The molecule has 1 aliphatic carbocycles. The largest absolute Gasteiger partial charge is 0.496 e. The van der Waals surface area contributed by atoms with Crippen LogP contribution >= 0.6 is 15.9 Å². The Balaban J connectivity index is 1.69. The highest BCUT2D eigenvalue weighted by Crippen LogP contribution is 2.32. The van der Waals surface area contributed by atoms with Gasteiger partial charge >= 0.3 is 0 Å². The highest BCUT2D eigenvalue weighted by atomic mass is 79.9. The lowest BCUT2D eigenvalue weighted by Crippen LogP contribution is -2.05. The Kier molecular flexibility index (Phi) is 4.17. The van der Waals surface area contributed by atoms with Crippen molar-refractivity contribution in [3.63, 3.8) is 0 Å². The number of nitrogens with two attached hydrogens (primary N) is 1. The minimum atomic E-state index is 0.187. The van der Waals surface area contributed by atoms with Crippen LogP contribution in [-0.4, -0.2) is 7.11 Å². The third-order valence-electron chi connectivity index (χ3n) is 3.86. The summed E-state index contributed by atoms with van der Waals surface area (Å²) in [6.45, 7) is 0.535. The third-order valence-corrected chi connectivity index (χ3v) is 4.48. The van der Waals surface area contributed by atoms with E-state index in [-0.39, 0.29) is 6.04 Å². The van der Waals surface area contributed by atoms with Crippen LogP contribution in [0.5, 0.6) is 11.5 Å². The third kappa shape index (κ3) is 3.06. The summed E-state index contributed by atoms with van der Waals surface area (Å²) in [5.74, 6) is 1.72. The van der Waals surface area contributed by atoms with E-state index in [0.717, 1.165) is 34.4 Å². The Morgan fingerprint density at radius 2 is 2.10 bits per heavy atom. The molecule has 3 nitrogen and oxygen atoms in total. The molecule has 2 aromatic rings. The topological polar surface area (TPSA) is 44.5 Å². The highest BCUT2D eigenvalue weighted by molar-refractivity contribution is 9.10. The minimum Gasteiger partial charge on any atom is -0.496 e. The fourth-order valence-corrected chi connectivity index (χ4v) is 3.27. The van der Waals surface area contributed by atoms with E-state index in [1.165, 1.54) is 11.1 Å². The summed E-state index contributed by atoms with van der Waals surface area (Å²) >= 11 is 3.49. The minimum absolute atomic E-state index is 0.187. The van der Waals surface area contributed by atoms with E-state index in [2.05, 4.69) is 28.1 Å². The number of benzene rings is 2. The zero-order valence-electron chi connectivity index (χ0n) is 11.9. The summed E-state index contributed by atoms with van der Waals surface area (Å²) in [6.07, 6.45) is 2.08. The van der Waals surface area contributed by atoms with Crippen molar-refractivity contribution in [3.8, 4) is 11.5 Å². The van der Waals surface area contributed by atoms with Gasteiger partial charge in [0, 0.05) is 6.04 Å². The van der Waals surface area contributed by atoms with Crippen molar-refractivity contribution in [1.82, 2.24) is 0 Å². The summed E-state index contributed by atoms with van der Waals surface area (Å²) in [6, 6.07) is 12.3. The molecule has 0 amide bonds. The molecule has 0 radical (unpaired) electrons. The summed E-state index contributed by atoms with van der Waals surface area (Å²) in [7, 11) is 1.66. The maximum atomic E-state index is 6.05. The van der Waals surface area contributed by atoms with Crippen molar-refractivity contribution in [1.29, 1.82) is 0 Å². The molecule has 0 bridgehead atoms. The maximum absolute atomic E-state index is 6.05. The predicted molar refractivity (Wildman–Crippen MR) is 86.7 cm³/mol. The van der Waals surface area contributed by atoms with Gasteiger partial charge in [-0.05, 0) is 69.7 Å². The Hall–Kier alpha value is -1.52. The van der Waals surface area contributed by atoms with Gasteiger partial charge in [-0.2, -0.15) is 0 Å². The molecule has 0 spiro atoms. The molecule has 1 atom stereocenters. The van der Waals surface area contributed by atoms with Crippen molar-refractivity contribution < 1.29 is 9.47 Å². The van der Waals surface area contributed by atoms with Crippen molar-refractivity contribution in [2.24, 2.45) is 5.73 Å². The van der Waals surface area contributed by atoms with E-state index in [9.17, 15) is 0 Å². The van der Waals surface area contributed by atoms with Gasteiger partial charge < -0.3 is 15.2 Å². The molecule has 0 saturated carbocycles. The number of methoxy groups -OCH3 is 1. The molecule has 0 aromatic heterocycles. The average molecular weight is 348 g/mol. The number of rotatable bonds is 4. The second-order valence-electron chi connectivity index (χ2n) is 5.26. The summed E-state index contributed by atoms with van der Waals surface area (Å²) in [5, 5.41) is 0. The molecule has 0 unspecified atom stereocenters. The van der Waals surface area contributed by atoms with Gasteiger partial charge in [-0.1, -0.05) is 12.1 Å². The Bertz CT molecular complexity index is 657. The van der Waals surface area contributed by atoms with Crippen molar-refractivity contribution in [2.45, 2.75) is 25.5 Å². The van der Waals surface area contributed by atoms with Gasteiger partial charge in [0.2, 0.25) is 0 Å². The van der Waals surface area contributed by atoms with Gasteiger partial charge in [0.15, 0.2) is 0 Å². The van der Waals surface area contributed by atoms with Crippen LogP contribution in [0, 0.1) is 0 Å². The first-order valence-corrected chi connectivity index (χ1v) is 7.80. The fourth-order valence-electron chi connectivity index (χ4n) is 2.68. The monoisotopic (exact) mass is 347 g/mol. The molecule has 2 N–H and O–H groups in total. The molecule has 21 heavy (non-hydrogen) atoms. The normalized spacial score (nSPS) is 16.6. The average Bonchev–Trinajstić information content (AvgIpc) is 2.86. The number of aryl methyl sites for hydroxylation is 1. The van der Waals surface area contributed by atoms with Crippen molar-refractivity contribution >= 4 is 15.9 Å². The number of hydrogen-bond donors (Lipinski definition) is 1. The predicted octanol–water partition coefficient (Wildman–Crippen LogP) is 3.98. The van der Waals surface area contributed by atoms with Crippen LogP contribution in [0.2, 0.25) is 0 Å². The van der Waals surface area contributed by atoms with Gasteiger partial charge in [-0.15, -0.1) is 0 Å². The molecule has 4 heteroatoms. The lowest BCUT2D eigenvalue weighted by Gasteiger charge is -2.10. The first-order chi connectivity index (χ1) is 10.2. The van der Waals surface area contributed by atoms with E-state index in [0.29, 0.717) is 6.61 Å². The Labute approximate surface area is 133 Å².